The van der Waals surface area contributed by atoms with Crippen LogP contribution in [0.4, 0.5) is 0 Å². The summed E-state index contributed by atoms with van der Waals surface area (Å²) in [7, 11) is 4.07. The summed E-state index contributed by atoms with van der Waals surface area (Å²) in [5.41, 5.74) is 2.45. The molecule has 0 radical (unpaired) electrons. The first-order valence-electron chi connectivity index (χ1n) is 5.22. The summed E-state index contributed by atoms with van der Waals surface area (Å²) in [5.74, 6) is 1.86. The van der Waals surface area contributed by atoms with Gasteiger partial charge < -0.3 is 9.88 Å². The van der Waals surface area contributed by atoms with E-state index < -0.39 is 0 Å². The molecule has 0 aliphatic rings. The molecule has 1 aromatic heterocycles. The zero-order chi connectivity index (χ0) is 10.7. The van der Waals surface area contributed by atoms with Crippen molar-refractivity contribution < 1.29 is 0 Å². The van der Waals surface area contributed by atoms with Crippen LogP contribution < -0.4 is 5.32 Å². The van der Waals surface area contributed by atoms with Crippen molar-refractivity contribution in [3.63, 3.8) is 0 Å². The van der Waals surface area contributed by atoms with Gasteiger partial charge in [-0.2, -0.15) is 0 Å². The quantitative estimate of drug-likeness (QED) is 0.791. The van der Waals surface area contributed by atoms with Gasteiger partial charge in [0.1, 0.15) is 5.82 Å². The molecule has 1 heterocycles. The molecule has 0 aliphatic heterocycles. The average Bonchev–Trinajstić information content (AvgIpc) is 2.32. The molecule has 3 heteroatoms. The van der Waals surface area contributed by atoms with E-state index in [0.717, 1.165) is 18.7 Å². The molecule has 0 spiro atoms. The minimum absolute atomic E-state index is 0.665. The summed E-state index contributed by atoms with van der Waals surface area (Å²) in [5, 5.41) is 3.17. The van der Waals surface area contributed by atoms with Crippen LogP contribution >= 0.6 is 0 Å². The zero-order valence-electron chi connectivity index (χ0n) is 9.89. The first-order chi connectivity index (χ1) is 6.56. The van der Waals surface area contributed by atoms with E-state index in [2.05, 4.69) is 42.7 Å². The third-order valence-electron chi connectivity index (χ3n) is 2.44. The maximum atomic E-state index is 4.59. The zero-order valence-corrected chi connectivity index (χ0v) is 9.89. The van der Waals surface area contributed by atoms with Gasteiger partial charge in [0.2, 0.25) is 0 Å². The molecule has 3 nitrogen and oxygen atoms in total. The van der Waals surface area contributed by atoms with Crippen LogP contribution in [-0.4, -0.2) is 16.6 Å². The van der Waals surface area contributed by atoms with Gasteiger partial charge in [0.15, 0.2) is 0 Å². The summed E-state index contributed by atoms with van der Waals surface area (Å²) in [6.45, 7) is 7.42. The summed E-state index contributed by atoms with van der Waals surface area (Å²) < 4.78 is 2.21. The van der Waals surface area contributed by atoms with Gasteiger partial charge in [-0.3, -0.25) is 0 Å². The Hall–Kier alpha value is -0.830. The SMILES string of the molecule is CNCc1c(C)nc(CC(C)C)n1C. The van der Waals surface area contributed by atoms with Crippen molar-refractivity contribution in [2.24, 2.45) is 13.0 Å². The molecule has 1 N–H and O–H groups in total. The molecule has 0 aliphatic carbocycles. The highest BCUT2D eigenvalue weighted by atomic mass is 15.1. The van der Waals surface area contributed by atoms with Crippen molar-refractivity contribution in [1.29, 1.82) is 0 Å². The van der Waals surface area contributed by atoms with Crippen molar-refractivity contribution in [3.05, 3.63) is 17.2 Å². The molecular formula is C11H21N3. The lowest BCUT2D eigenvalue weighted by atomic mass is 10.1. The third-order valence-corrected chi connectivity index (χ3v) is 2.44. The van der Waals surface area contributed by atoms with Crippen LogP contribution in [-0.2, 0) is 20.0 Å². The molecule has 80 valence electrons. The standard InChI is InChI=1S/C11H21N3/c1-8(2)6-11-13-9(3)10(7-12-4)14(11)5/h8,12H,6-7H2,1-5H3. The fraction of sp³-hybridized carbons (Fsp3) is 0.727. The van der Waals surface area contributed by atoms with Crippen LogP contribution in [0, 0.1) is 12.8 Å². The number of imidazole rings is 1. The average molecular weight is 195 g/mol. The Morgan fingerprint density at radius 1 is 1.43 bits per heavy atom. The number of hydrogen-bond donors (Lipinski definition) is 1. The maximum absolute atomic E-state index is 4.59. The molecule has 0 amide bonds. The third kappa shape index (κ3) is 2.35. The topological polar surface area (TPSA) is 29.9 Å². The highest BCUT2D eigenvalue weighted by Crippen LogP contribution is 2.12. The monoisotopic (exact) mass is 195 g/mol. The highest BCUT2D eigenvalue weighted by Gasteiger charge is 2.11. The van der Waals surface area contributed by atoms with Crippen LogP contribution in [0.1, 0.15) is 31.1 Å². The summed E-state index contributed by atoms with van der Waals surface area (Å²) in [4.78, 5) is 4.59. The summed E-state index contributed by atoms with van der Waals surface area (Å²) >= 11 is 0. The number of hydrogen-bond acceptors (Lipinski definition) is 2. The van der Waals surface area contributed by atoms with E-state index in [1.807, 2.05) is 7.05 Å². The molecule has 0 aromatic carbocycles. The van der Waals surface area contributed by atoms with Crippen molar-refractivity contribution in [3.8, 4) is 0 Å². The predicted molar refractivity (Wildman–Crippen MR) is 59.3 cm³/mol. The number of nitrogens with zero attached hydrogens (tertiary/aromatic N) is 2. The van der Waals surface area contributed by atoms with Crippen LogP contribution in [0.25, 0.3) is 0 Å². The number of nitrogens with one attached hydrogen (secondary N) is 1. The Bertz CT molecular complexity index is 300. The minimum Gasteiger partial charge on any atom is -0.334 e. The van der Waals surface area contributed by atoms with E-state index in [4.69, 9.17) is 0 Å². The fourth-order valence-corrected chi connectivity index (χ4v) is 1.69. The van der Waals surface area contributed by atoms with E-state index in [1.54, 1.807) is 0 Å². The first kappa shape index (κ1) is 11.2. The molecule has 1 rings (SSSR count). The van der Waals surface area contributed by atoms with Crippen molar-refractivity contribution in [2.45, 2.75) is 33.7 Å². The van der Waals surface area contributed by atoms with E-state index in [9.17, 15) is 0 Å². The maximum Gasteiger partial charge on any atom is 0.109 e. The number of aromatic nitrogens is 2. The Labute approximate surface area is 86.5 Å². The molecule has 0 unspecified atom stereocenters. The lowest BCUT2D eigenvalue weighted by molar-refractivity contribution is 0.593. The lowest BCUT2D eigenvalue weighted by Gasteiger charge is -2.07. The van der Waals surface area contributed by atoms with E-state index in [1.165, 1.54) is 11.5 Å². The van der Waals surface area contributed by atoms with Crippen molar-refractivity contribution >= 4 is 0 Å². The van der Waals surface area contributed by atoms with Crippen molar-refractivity contribution in [1.82, 2.24) is 14.9 Å². The van der Waals surface area contributed by atoms with E-state index in [0.29, 0.717) is 5.92 Å². The second kappa shape index (κ2) is 4.60. The van der Waals surface area contributed by atoms with Gasteiger partial charge in [0, 0.05) is 20.0 Å². The number of rotatable bonds is 4. The van der Waals surface area contributed by atoms with Crippen LogP contribution in [0.15, 0.2) is 0 Å². The normalized spacial score (nSPS) is 11.3. The van der Waals surface area contributed by atoms with Crippen LogP contribution in [0.2, 0.25) is 0 Å². The van der Waals surface area contributed by atoms with E-state index in [-0.39, 0.29) is 0 Å². The molecule has 1 aromatic rings. The molecule has 0 fully saturated rings. The molecular weight excluding hydrogens is 174 g/mol. The van der Waals surface area contributed by atoms with E-state index >= 15 is 0 Å². The number of aryl methyl sites for hydroxylation is 1. The van der Waals surface area contributed by atoms with Gasteiger partial charge in [-0.15, -0.1) is 0 Å². The predicted octanol–water partition coefficient (Wildman–Crippen LogP) is 1.65. The van der Waals surface area contributed by atoms with Gasteiger partial charge >= 0.3 is 0 Å². The van der Waals surface area contributed by atoms with Gasteiger partial charge in [-0.1, -0.05) is 13.8 Å². The van der Waals surface area contributed by atoms with Crippen LogP contribution in [0.3, 0.4) is 0 Å². The minimum atomic E-state index is 0.665. The van der Waals surface area contributed by atoms with Gasteiger partial charge in [-0.25, -0.2) is 4.98 Å². The highest BCUT2D eigenvalue weighted by molar-refractivity contribution is 5.15. The smallest absolute Gasteiger partial charge is 0.109 e. The second-order valence-electron chi connectivity index (χ2n) is 4.25. The lowest BCUT2D eigenvalue weighted by Crippen LogP contribution is -2.12. The molecule has 0 atom stereocenters. The molecule has 0 bridgehead atoms. The fourth-order valence-electron chi connectivity index (χ4n) is 1.69. The molecule has 14 heavy (non-hydrogen) atoms. The second-order valence-corrected chi connectivity index (χ2v) is 4.25. The van der Waals surface area contributed by atoms with Crippen molar-refractivity contribution in [2.75, 3.05) is 7.05 Å². The molecule has 0 saturated heterocycles. The van der Waals surface area contributed by atoms with Crippen LogP contribution in [0.5, 0.6) is 0 Å². The summed E-state index contributed by atoms with van der Waals surface area (Å²) in [6, 6.07) is 0. The Morgan fingerprint density at radius 3 is 2.57 bits per heavy atom. The Balaban J connectivity index is 2.92. The van der Waals surface area contributed by atoms with Gasteiger partial charge in [-0.05, 0) is 19.9 Å². The van der Waals surface area contributed by atoms with Gasteiger partial charge in [0.25, 0.3) is 0 Å². The Kier molecular flexibility index (Phi) is 3.69. The first-order valence-corrected chi connectivity index (χ1v) is 5.22. The largest absolute Gasteiger partial charge is 0.334 e. The van der Waals surface area contributed by atoms with Gasteiger partial charge in [0.05, 0.1) is 11.4 Å². The summed E-state index contributed by atoms with van der Waals surface area (Å²) in [6.07, 6.45) is 1.06. The Morgan fingerprint density at radius 2 is 2.07 bits per heavy atom. The molecule has 0 saturated carbocycles.